The van der Waals surface area contributed by atoms with Crippen molar-refractivity contribution >= 4 is 41.7 Å². The van der Waals surface area contributed by atoms with Crippen LogP contribution in [0, 0.1) is 6.92 Å². The van der Waals surface area contributed by atoms with Crippen molar-refractivity contribution in [3.8, 4) is 0 Å². The lowest BCUT2D eigenvalue weighted by molar-refractivity contribution is 0.203. The Morgan fingerprint density at radius 1 is 1.26 bits per heavy atom. The molecule has 0 aliphatic carbocycles. The molecule has 7 nitrogen and oxygen atoms in total. The zero-order valence-corrected chi connectivity index (χ0v) is 19.5. The maximum atomic E-state index is 5.11. The van der Waals surface area contributed by atoms with Crippen LogP contribution in [0.1, 0.15) is 18.6 Å². The molecule has 0 radical (unpaired) electrons. The number of aryl methyl sites for hydroxylation is 1. The number of halogens is 1. The van der Waals surface area contributed by atoms with E-state index in [-0.39, 0.29) is 24.0 Å². The van der Waals surface area contributed by atoms with E-state index in [2.05, 4.69) is 57.0 Å². The normalized spacial score (nSPS) is 12.4. The number of rotatable bonds is 9. The van der Waals surface area contributed by atoms with Crippen LogP contribution in [0.5, 0.6) is 0 Å². The van der Waals surface area contributed by atoms with Gasteiger partial charge in [0.05, 0.1) is 6.61 Å². The van der Waals surface area contributed by atoms with E-state index in [4.69, 9.17) is 4.74 Å². The smallest absolute Gasteiger partial charge is 0.191 e. The average molecular weight is 504 g/mol. The number of hydrogen-bond donors (Lipinski definition) is 2. The van der Waals surface area contributed by atoms with Crippen LogP contribution in [0.4, 0.5) is 0 Å². The predicted octanol–water partition coefficient (Wildman–Crippen LogP) is 2.60. The van der Waals surface area contributed by atoms with Crippen molar-refractivity contribution in [2.24, 2.45) is 12.0 Å². The lowest BCUT2D eigenvalue weighted by atomic mass is 10.4. The summed E-state index contributed by atoms with van der Waals surface area (Å²) in [6.07, 6.45) is 0. The van der Waals surface area contributed by atoms with Crippen molar-refractivity contribution < 1.29 is 4.74 Å². The molecule has 150 valence electrons. The van der Waals surface area contributed by atoms with Gasteiger partial charge in [-0.1, -0.05) is 25.1 Å². The molecule has 0 saturated heterocycles. The molecule has 1 aromatic heterocycles. The molecule has 2 N–H and O–H groups in total. The van der Waals surface area contributed by atoms with Crippen LogP contribution in [0.2, 0.25) is 0 Å². The summed E-state index contributed by atoms with van der Waals surface area (Å²) >= 11 is 1.84. The van der Waals surface area contributed by atoms with Gasteiger partial charge in [-0.3, -0.25) is 0 Å². The number of aromatic nitrogens is 3. The van der Waals surface area contributed by atoms with Crippen molar-refractivity contribution in [3.63, 3.8) is 0 Å². The second-order valence-electron chi connectivity index (χ2n) is 5.93. The first-order chi connectivity index (χ1) is 12.6. The van der Waals surface area contributed by atoms with E-state index < -0.39 is 0 Å². The Balaban J connectivity index is 0.00000364. The molecular formula is C18H29IN6OS. The number of aliphatic imine (C=N–C) groups is 1. The Kier molecular flexibility index (Phi) is 11.4. The Labute approximate surface area is 182 Å². The molecule has 9 heteroatoms. The maximum absolute atomic E-state index is 5.11. The second kappa shape index (κ2) is 12.9. The summed E-state index contributed by atoms with van der Waals surface area (Å²) in [6, 6.07) is 10.4. The van der Waals surface area contributed by atoms with Gasteiger partial charge >= 0.3 is 0 Å². The Hall–Kier alpha value is -1.33. The summed E-state index contributed by atoms with van der Waals surface area (Å²) in [5.74, 6) is 2.47. The van der Waals surface area contributed by atoms with Crippen LogP contribution in [-0.2, 0) is 18.3 Å². The third kappa shape index (κ3) is 8.48. The fourth-order valence-electron chi connectivity index (χ4n) is 2.20. The zero-order chi connectivity index (χ0) is 18.8. The Morgan fingerprint density at radius 3 is 2.63 bits per heavy atom. The topological polar surface area (TPSA) is 76.4 Å². The molecule has 1 unspecified atom stereocenters. The monoisotopic (exact) mass is 504 g/mol. The number of thioether (sulfide) groups is 1. The fourth-order valence-corrected chi connectivity index (χ4v) is 3.14. The minimum Gasteiger partial charge on any atom is -0.383 e. The molecule has 0 fully saturated rings. The van der Waals surface area contributed by atoms with Gasteiger partial charge in [0.2, 0.25) is 0 Å². The highest BCUT2D eigenvalue weighted by Crippen LogP contribution is 2.21. The van der Waals surface area contributed by atoms with Crippen LogP contribution in [0.25, 0.3) is 0 Å². The standard InChI is InChI=1S/C18H28N6OS.HI/c1-14(26-16-8-6-5-7-9-16)12-20-18(19-10-11-25-4)21-13-17-23-22-15(2)24(17)3;/h5-9,14H,10-13H2,1-4H3,(H2,19,20,21);1H. The molecule has 0 aliphatic rings. The summed E-state index contributed by atoms with van der Waals surface area (Å²) in [5, 5.41) is 15.3. The van der Waals surface area contributed by atoms with E-state index in [1.54, 1.807) is 7.11 Å². The van der Waals surface area contributed by atoms with Gasteiger partial charge < -0.3 is 19.9 Å². The van der Waals surface area contributed by atoms with E-state index in [9.17, 15) is 0 Å². The lowest BCUT2D eigenvalue weighted by Gasteiger charge is -2.16. The largest absolute Gasteiger partial charge is 0.383 e. The molecule has 1 atom stereocenters. The molecular weight excluding hydrogens is 475 g/mol. The third-order valence-corrected chi connectivity index (χ3v) is 4.91. The number of guanidine groups is 1. The van der Waals surface area contributed by atoms with Gasteiger partial charge in [0.25, 0.3) is 0 Å². The maximum Gasteiger partial charge on any atom is 0.191 e. The molecule has 2 aromatic rings. The number of benzene rings is 1. The molecule has 0 amide bonds. The number of ether oxygens (including phenoxy) is 1. The van der Waals surface area contributed by atoms with E-state index in [1.165, 1.54) is 4.90 Å². The van der Waals surface area contributed by atoms with E-state index in [1.807, 2.05) is 36.4 Å². The first-order valence-electron chi connectivity index (χ1n) is 8.68. The SMILES string of the molecule is COCCNC(=NCc1nnc(C)n1C)NCC(C)Sc1ccccc1.I. The van der Waals surface area contributed by atoms with Crippen LogP contribution in [0.15, 0.2) is 40.2 Å². The molecule has 1 heterocycles. The van der Waals surface area contributed by atoms with Crippen LogP contribution in [-0.4, -0.2) is 52.8 Å². The summed E-state index contributed by atoms with van der Waals surface area (Å²) in [5.41, 5.74) is 0. The van der Waals surface area contributed by atoms with Crippen LogP contribution in [0.3, 0.4) is 0 Å². The first kappa shape index (κ1) is 23.7. The number of hydrogen-bond acceptors (Lipinski definition) is 5. The molecule has 0 saturated carbocycles. The van der Waals surface area contributed by atoms with Gasteiger partial charge in [-0.25, -0.2) is 4.99 Å². The van der Waals surface area contributed by atoms with Crippen molar-refractivity contribution in [2.75, 3.05) is 26.8 Å². The first-order valence-corrected chi connectivity index (χ1v) is 9.55. The predicted molar refractivity (Wildman–Crippen MR) is 122 cm³/mol. The number of nitrogens with one attached hydrogen (secondary N) is 2. The second-order valence-corrected chi connectivity index (χ2v) is 7.44. The number of methoxy groups -OCH3 is 1. The molecule has 1 aromatic carbocycles. The van der Waals surface area contributed by atoms with Gasteiger partial charge in [0.15, 0.2) is 11.8 Å². The molecule has 2 rings (SSSR count). The minimum atomic E-state index is 0. The van der Waals surface area contributed by atoms with Gasteiger partial charge in [-0.2, -0.15) is 0 Å². The zero-order valence-electron chi connectivity index (χ0n) is 16.3. The van der Waals surface area contributed by atoms with Crippen LogP contribution < -0.4 is 10.6 Å². The van der Waals surface area contributed by atoms with E-state index in [0.29, 0.717) is 24.9 Å². The highest BCUT2D eigenvalue weighted by Gasteiger charge is 2.08. The average Bonchev–Trinajstić information content (AvgIpc) is 2.96. The highest BCUT2D eigenvalue weighted by molar-refractivity contribution is 14.0. The van der Waals surface area contributed by atoms with Crippen molar-refractivity contribution in [1.29, 1.82) is 0 Å². The highest BCUT2D eigenvalue weighted by atomic mass is 127. The van der Waals surface area contributed by atoms with Crippen molar-refractivity contribution in [3.05, 3.63) is 42.0 Å². The molecule has 0 aliphatic heterocycles. The fraction of sp³-hybridized carbons (Fsp3) is 0.500. The van der Waals surface area contributed by atoms with Crippen molar-refractivity contribution in [2.45, 2.75) is 30.5 Å². The summed E-state index contributed by atoms with van der Waals surface area (Å²) in [7, 11) is 3.64. The van der Waals surface area contributed by atoms with E-state index in [0.717, 1.165) is 24.2 Å². The van der Waals surface area contributed by atoms with Gasteiger partial charge in [0.1, 0.15) is 12.4 Å². The van der Waals surface area contributed by atoms with E-state index >= 15 is 0 Å². The molecule has 27 heavy (non-hydrogen) atoms. The summed E-state index contributed by atoms with van der Waals surface area (Å²) < 4.78 is 7.05. The Morgan fingerprint density at radius 2 is 2.00 bits per heavy atom. The lowest BCUT2D eigenvalue weighted by Crippen LogP contribution is -2.41. The quantitative estimate of drug-likeness (QED) is 0.180. The van der Waals surface area contributed by atoms with Gasteiger partial charge in [0, 0.05) is 37.4 Å². The number of nitrogens with zero attached hydrogens (tertiary/aromatic N) is 4. The summed E-state index contributed by atoms with van der Waals surface area (Å²) in [4.78, 5) is 5.89. The minimum absolute atomic E-state index is 0. The third-order valence-electron chi connectivity index (χ3n) is 3.80. The van der Waals surface area contributed by atoms with Crippen molar-refractivity contribution in [1.82, 2.24) is 25.4 Å². The Bertz CT molecular complexity index is 694. The summed E-state index contributed by atoms with van der Waals surface area (Å²) in [6.45, 7) is 6.72. The molecule has 0 bridgehead atoms. The molecule has 0 spiro atoms. The van der Waals surface area contributed by atoms with Crippen LogP contribution >= 0.6 is 35.7 Å². The van der Waals surface area contributed by atoms with Gasteiger partial charge in [-0.05, 0) is 19.1 Å². The van der Waals surface area contributed by atoms with Gasteiger partial charge in [-0.15, -0.1) is 45.9 Å².